The van der Waals surface area contributed by atoms with Crippen molar-refractivity contribution in [2.75, 3.05) is 0 Å². The van der Waals surface area contributed by atoms with Gasteiger partial charge in [-0.1, -0.05) is 20.3 Å². The first-order valence-corrected chi connectivity index (χ1v) is 5.51. The van der Waals surface area contributed by atoms with Gasteiger partial charge < -0.3 is 5.32 Å². The van der Waals surface area contributed by atoms with Crippen molar-refractivity contribution in [3.05, 3.63) is 0 Å². The van der Waals surface area contributed by atoms with Crippen LogP contribution < -0.4 is 5.32 Å². The van der Waals surface area contributed by atoms with E-state index in [4.69, 9.17) is 0 Å². The lowest BCUT2D eigenvalue weighted by Gasteiger charge is -2.41. The zero-order valence-electron chi connectivity index (χ0n) is 8.34. The van der Waals surface area contributed by atoms with Crippen molar-refractivity contribution in [3.8, 4) is 0 Å². The topological polar surface area (TPSA) is 12.0 Å². The predicted octanol–water partition coefficient (Wildman–Crippen LogP) is 2.56. The summed E-state index contributed by atoms with van der Waals surface area (Å²) < 4.78 is 0. The Kier molecular flexibility index (Phi) is 2.40. The molecule has 0 radical (unpaired) electrons. The molecule has 0 aromatic carbocycles. The molecule has 0 aliphatic carbocycles. The number of hydrogen-bond acceptors (Lipinski definition) is 1. The van der Waals surface area contributed by atoms with Crippen LogP contribution in [0.25, 0.3) is 0 Å². The number of hydrogen-bond donors (Lipinski definition) is 1. The molecule has 2 fully saturated rings. The van der Waals surface area contributed by atoms with Gasteiger partial charge in [-0.2, -0.15) is 0 Å². The molecular weight excluding hydrogens is 146 g/mol. The van der Waals surface area contributed by atoms with Gasteiger partial charge in [-0.3, -0.25) is 0 Å². The lowest BCUT2D eigenvalue weighted by molar-refractivity contribution is 0.154. The van der Waals surface area contributed by atoms with Gasteiger partial charge in [0.15, 0.2) is 0 Å². The summed E-state index contributed by atoms with van der Waals surface area (Å²) in [5.74, 6) is 1.90. The fraction of sp³-hybridized carbons (Fsp3) is 1.00. The first kappa shape index (κ1) is 8.55. The molecule has 0 spiro atoms. The van der Waals surface area contributed by atoms with E-state index in [9.17, 15) is 0 Å². The summed E-state index contributed by atoms with van der Waals surface area (Å²) in [5.41, 5.74) is 0. The maximum absolute atomic E-state index is 3.74. The second-order valence-electron chi connectivity index (χ2n) is 4.97. The second-order valence-corrected chi connectivity index (χ2v) is 4.97. The van der Waals surface area contributed by atoms with Crippen LogP contribution in [0.3, 0.4) is 0 Å². The quantitative estimate of drug-likeness (QED) is 0.633. The van der Waals surface area contributed by atoms with E-state index in [0.717, 1.165) is 23.9 Å². The minimum Gasteiger partial charge on any atom is -0.311 e. The highest BCUT2D eigenvalue weighted by molar-refractivity contribution is 4.89. The Morgan fingerprint density at radius 1 is 1.08 bits per heavy atom. The summed E-state index contributed by atoms with van der Waals surface area (Å²) in [6.45, 7) is 4.76. The van der Waals surface area contributed by atoms with Crippen molar-refractivity contribution in [2.24, 2.45) is 11.8 Å². The Balaban J connectivity index is 1.96. The minimum absolute atomic E-state index is 0.866. The van der Waals surface area contributed by atoms with Crippen LogP contribution in [0, 0.1) is 11.8 Å². The van der Waals surface area contributed by atoms with Gasteiger partial charge in [0.05, 0.1) is 0 Å². The first-order valence-electron chi connectivity index (χ1n) is 5.51. The maximum Gasteiger partial charge on any atom is 0.00724 e. The van der Waals surface area contributed by atoms with E-state index in [1.54, 1.807) is 0 Å². The van der Waals surface area contributed by atoms with Gasteiger partial charge in [0, 0.05) is 12.1 Å². The Hall–Kier alpha value is -0.0400. The van der Waals surface area contributed by atoms with E-state index in [1.807, 2.05) is 0 Å². The van der Waals surface area contributed by atoms with Gasteiger partial charge in [0.25, 0.3) is 0 Å². The molecule has 12 heavy (non-hydrogen) atoms. The summed E-state index contributed by atoms with van der Waals surface area (Å²) in [4.78, 5) is 0. The van der Waals surface area contributed by atoms with Crippen LogP contribution in [0.1, 0.15) is 46.0 Å². The summed E-state index contributed by atoms with van der Waals surface area (Å²) in [7, 11) is 0. The third kappa shape index (κ3) is 1.66. The van der Waals surface area contributed by atoms with E-state index >= 15 is 0 Å². The second kappa shape index (κ2) is 3.37. The molecule has 0 saturated carbocycles. The van der Waals surface area contributed by atoms with E-state index in [1.165, 1.54) is 32.1 Å². The maximum atomic E-state index is 3.74. The molecule has 2 saturated heterocycles. The van der Waals surface area contributed by atoms with Crippen LogP contribution in [0.5, 0.6) is 0 Å². The largest absolute Gasteiger partial charge is 0.311 e. The number of piperidine rings is 2. The molecule has 2 aliphatic rings. The van der Waals surface area contributed by atoms with E-state index in [-0.39, 0.29) is 0 Å². The molecule has 2 bridgehead atoms. The van der Waals surface area contributed by atoms with Crippen molar-refractivity contribution in [1.29, 1.82) is 0 Å². The molecule has 1 nitrogen and oxygen atoms in total. The fourth-order valence-corrected chi connectivity index (χ4v) is 2.85. The van der Waals surface area contributed by atoms with Gasteiger partial charge >= 0.3 is 0 Å². The predicted molar refractivity (Wildman–Crippen MR) is 52.1 cm³/mol. The molecule has 1 N–H and O–H groups in total. The monoisotopic (exact) mass is 167 g/mol. The van der Waals surface area contributed by atoms with Crippen molar-refractivity contribution < 1.29 is 0 Å². The fourth-order valence-electron chi connectivity index (χ4n) is 2.85. The molecule has 2 heterocycles. The van der Waals surface area contributed by atoms with E-state index in [2.05, 4.69) is 19.2 Å². The van der Waals surface area contributed by atoms with Gasteiger partial charge in [0.2, 0.25) is 0 Å². The van der Waals surface area contributed by atoms with Crippen molar-refractivity contribution in [2.45, 2.75) is 58.0 Å². The van der Waals surface area contributed by atoms with Crippen LogP contribution in [-0.2, 0) is 0 Å². The average Bonchev–Trinajstić information content (AvgIpc) is 2.03. The summed E-state index contributed by atoms with van der Waals surface area (Å²) in [5, 5.41) is 3.74. The van der Waals surface area contributed by atoms with Crippen molar-refractivity contribution >= 4 is 0 Å². The molecule has 3 atom stereocenters. The van der Waals surface area contributed by atoms with Crippen LogP contribution >= 0.6 is 0 Å². The number of nitrogens with one attached hydrogen (secondary N) is 1. The van der Waals surface area contributed by atoms with Crippen molar-refractivity contribution in [1.82, 2.24) is 5.32 Å². The molecule has 70 valence electrons. The van der Waals surface area contributed by atoms with Crippen LogP contribution in [0.2, 0.25) is 0 Å². The zero-order valence-corrected chi connectivity index (χ0v) is 8.34. The van der Waals surface area contributed by atoms with Gasteiger partial charge in [-0.05, 0) is 37.5 Å². The molecule has 0 aromatic heterocycles. The lowest BCUT2D eigenvalue weighted by atomic mass is 9.76. The van der Waals surface area contributed by atoms with E-state index < -0.39 is 0 Å². The third-order valence-electron chi connectivity index (χ3n) is 3.69. The van der Waals surface area contributed by atoms with Gasteiger partial charge in [-0.15, -0.1) is 0 Å². The van der Waals surface area contributed by atoms with Gasteiger partial charge in [-0.25, -0.2) is 0 Å². The molecule has 1 heteroatoms. The summed E-state index contributed by atoms with van der Waals surface area (Å²) >= 11 is 0. The molecule has 1 unspecified atom stereocenters. The summed E-state index contributed by atoms with van der Waals surface area (Å²) in [6, 6.07) is 1.73. The molecule has 2 aliphatic heterocycles. The van der Waals surface area contributed by atoms with Crippen LogP contribution in [0.4, 0.5) is 0 Å². The number of fused-ring (bicyclic) bond motifs is 2. The highest BCUT2D eigenvalue weighted by Crippen LogP contribution is 2.33. The molecule has 0 amide bonds. The molecular formula is C11H21N. The normalized spacial score (nSPS) is 41.8. The Labute approximate surface area is 75.9 Å². The minimum atomic E-state index is 0.866. The molecule has 2 rings (SSSR count). The Morgan fingerprint density at radius 3 is 2.17 bits per heavy atom. The average molecular weight is 167 g/mol. The Morgan fingerprint density at radius 2 is 1.67 bits per heavy atom. The molecule has 0 aromatic rings. The smallest absolute Gasteiger partial charge is 0.00724 e. The SMILES string of the molecule is CC(C)[C@H]1CC2CCC[C@@H](C1)N2. The van der Waals surface area contributed by atoms with Crippen LogP contribution in [-0.4, -0.2) is 12.1 Å². The highest BCUT2D eigenvalue weighted by atomic mass is 15.0. The lowest BCUT2D eigenvalue weighted by Crippen LogP contribution is -2.49. The third-order valence-corrected chi connectivity index (χ3v) is 3.69. The Bertz CT molecular complexity index is 141. The summed E-state index contributed by atoms with van der Waals surface area (Å²) in [6.07, 6.45) is 7.20. The van der Waals surface area contributed by atoms with E-state index in [0.29, 0.717) is 0 Å². The number of rotatable bonds is 1. The zero-order chi connectivity index (χ0) is 8.55. The van der Waals surface area contributed by atoms with Gasteiger partial charge in [0.1, 0.15) is 0 Å². The van der Waals surface area contributed by atoms with Crippen LogP contribution in [0.15, 0.2) is 0 Å². The van der Waals surface area contributed by atoms with Crippen molar-refractivity contribution in [3.63, 3.8) is 0 Å². The standard InChI is InChI=1S/C11H21N/c1-8(2)9-6-10-4-3-5-11(7-9)12-10/h8-12H,3-7H2,1-2H3/t9-,10+,11?/m1/s1. The first-order chi connectivity index (χ1) is 5.75. The highest BCUT2D eigenvalue weighted by Gasteiger charge is 2.31.